The molecule has 0 radical (unpaired) electrons. The zero-order valence-corrected chi connectivity index (χ0v) is 14.8. The smallest absolute Gasteiger partial charge is 0.147 e. The number of halogens is 1. The van der Waals surface area contributed by atoms with E-state index in [4.69, 9.17) is 4.98 Å². The van der Waals surface area contributed by atoms with E-state index in [-0.39, 0.29) is 11.2 Å². The van der Waals surface area contributed by atoms with Gasteiger partial charge in [0.15, 0.2) is 0 Å². The molecule has 1 unspecified atom stereocenters. The predicted octanol–water partition coefficient (Wildman–Crippen LogP) is 3.41. The van der Waals surface area contributed by atoms with Gasteiger partial charge in [-0.1, -0.05) is 32.0 Å². The number of benzene rings is 1. The van der Waals surface area contributed by atoms with Crippen LogP contribution in [0.3, 0.4) is 0 Å². The molecule has 130 valence electrons. The number of aromatic nitrogens is 5. The van der Waals surface area contributed by atoms with Crippen molar-refractivity contribution in [2.24, 2.45) is 5.41 Å². The van der Waals surface area contributed by atoms with Crippen LogP contribution in [0.2, 0.25) is 0 Å². The number of aromatic amines is 1. The van der Waals surface area contributed by atoms with Gasteiger partial charge in [0.05, 0.1) is 11.7 Å². The molecule has 5 nitrogen and oxygen atoms in total. The maximum Gasteiger partial charge on any atom is 0.147 e. The van der Waals surface area contributed by atoms with Gasteiger partial charge in [0, 0.05) is 30.4 Å². The van der Waals surface area contributed by atoms with Crippen molar-refractivity contribution in [3.63, 3.8) is 0 Å². The van der Waals surface area contributed by atoms with Gasteiger partial charge in [-0.3, -0.25) is 0 Å². The van der Waals surface area contributed by atoms with Crippen molar-refractivity contribution in [1.29, 1.82) is 0 Å². The molecule has 0 spiro atoms. The third-order valence-corrected chi connectivity index (χ3v) is 5.38. The zero-order chi connectivity index (χ0) is 17.7. The molecule has 2 aromatic heterocycles. The van der Waals surface area contributed by atoms with Crippen LogP contribution in [0.15, 0.2) is 36.8 Å². The Labute approximate surface area is 146 Å². The molecular weight excluding hydrogens is 317 g/mol. The highest BCUT2D eigenvalue weighted by Crippen LogP contribution is 2.67. The van der Waals surface area contributed by atoms with Gasteiger partial charge in [0.1, 0.15) is 17.5 Å². The van der Waals surface area contributed by atoms with Gasteiger partial charge < -0.3 is 4.98 Å². The van der Waals surface area contributed by atoms with E-state index in [0.717, 1.165) is 35.7 Å². The van der Waals surface area contributed by atoms with Gasteiger partial charge in [-0.2, -0.15) is 5.10 Å². The highest BCUT2D eigenvalue weighted by Gasteiger charge is 2.66. The summed E-state index contributed by atoms with van der Waals surface area (Å²) in [5, 5.41) is 4.59. The van der Waals surface area contributed by atoms with Crippen LogP contribution in [-0.2, 0) is 18.4 Å². The molecule has 6 heteroatoms. The van der Waals surface area contributed by atoms with Gasteiger partial charge >= 0.3 is 0 Å². The predicted molar refractivity (Wildman–Crippen MR) is 92.6 cm³/mol. The molecule has 1 aliphatic carbocycles. The minimum absolute atomic E-state index is 0.0552. The summed E-state index contributed by atoms with van der Waals surface area (Å²) in [6, 6.07) is 7.04. The quantitative estimate of drug-likeness (QED) is 0.775. The summed E-state index contributed by atoms with van der Waals surface area (Å²) in [6.45, 7) is 6.91. The zero-order valence-electron chi connectivity index (χ0n) is 14.8. The van der Waals surface area contributed by atoms with E-state index in [9.17, 15) is 4.39 Å². The minimum atomic E-state index is -0.423. The first-order valence-electron chi connectivity index (χ1n) is 8.58. The molecule has 1 aliphatic rings. The van der Waals surface area contributed by atoms with Crippen LogP contribution in [-0.4, -0.2) is 24.7 Å². The SMILES string of the molecule is Cc1nc(C2(c3ccccc3F)CC2(C)C)n(CCc2cnc[nH]2)n1. The molecule has 1 N–H and O–H groups in total. The van der Waals surface area contributed by atoms with E-state index < -0.39 is 5.41 Å². The summed E-state index contributed by atoms with van der Waals surface area (Å²) in [5.41, 5.74) is 1.29. The van der Waals surface area contributed by atoms with Crippen molar-refractivity contribution >= 4 is 0 Å². The Bertz CT molecular complexity index is 896. The molecule has 1 aromatic carbocycles. The lowest BCUT2D eigenvalue weighted by Crippen LogP contribution is -2.24. The maximum atomic E-state index is 14.6. The van der Waals surface area contributed by atoms with Crippen molar-refractivity contribution in [3.8, 4) is 0 Å². The highest BCUT2D eigenvalue weighted by atomic mass is 19.1. The summed E-state index contributed by atoms with van der Waals surface area (Å²) in [5.74, 6) is 1.41. The Kier molecular flexibility index (Phi) is 3.52. The molecule has 0 saturated heterocycles. The molecule has 0 aliphatic heterocycles. The topological polar surface area (TPSA) is 59.4 Å². The first kappa shape index (κ1) is 16.0. The van der Waals surface area contributed by atoms with Crippen molar-refractivity contribution in [2.45, 2.75) is 45.6 Å². The largest absolute Gasteiger partial charge is 0.348 e. The molecule has 3 aromatic rings. The van der Waals surface area contributed by atoms with Crippen molar-refractivity contribution < 1.29 is 4.39 Å². The molecule has 1 fully saturated rings. The van der Waals surface area contributed by atoms with Gasteiger partial charge in [-0.15, -0.1) is 0 Å². The van der Waals surface area contributed by atoms with Gasteiger partial charge in [0.2, 0.25) is 0 Å². The monoisotopic (exact) mass is 339 g/mol. The summed E-state index contributed by atoms with van der Waals surface area (Å²) in [7, 11) is 0. The van der Waals surface area contributed by atoms with Gasteiger partial charge in [0.25, 0.3) is 0 Å². The number of imidazole rings is 1. The second-order valence-corrected chi connectivity index (χ2v) is 7.48. The fourth-order valence-electron chi connectivity index (χ4n) is 3.96. The molecule has 4 rings (SSSR count). The summed E-state index contributed by atoms with van der Waals surface area (Å²) in [6.07, 6.45) is 5.14. The highest BCUT2D eigenvalue weighted by molar-refractivity contribution is 5.45. The lowest BCUT2D eigenvalue weighted by Gasteiger charge is -2.22. The van der Waals surface area contributed by atoms with Crippen molar-refractivity contribution in [3.05, 3.63) is 65.5 Å². The Morgan fingerprint density at radius 3 is 2.68 bits per heavy atom. The van der Waals surface area contributed by atoms with E-state index in [2.05, 4.69) is 28.9 Å². The minimum Gasteiger partial charge on any atom is -0.348 e. The van der Waals surface area contributed by atoms with Crippen LogP contribution >= 0.6 is 0 Å². The van der Waals surface area contributed by atoms with E-state index in [1.807, 2.05) is 29.9 Å². The van der Waals surface area contributed by atoms with Crippen LogP contribution in [0.4, 0.5) is 4.39 Å². The Morgan fingerprint density at radius 2 is 2.04 bits per heavy atom. The van der Waals surface area contributed by atoms with E-state index in [1.165, 1.54) is 6.07 Å². The Hall–Kier alpha value is -2.50. The van der Waals surface area contributed by atoms with Crippen LogP contribution in [0, 0.1) is 18.2 Å². The second-order valence-electron chi connectivity index (χ2n) is 7.48. The molecule has 0 bridgehead atoms. The average Bonchev–Trinajstić information content (AvgIpc) is 2.95. The van der Waals surface area contributed by atoms with Crippen LogP contribution < -0.4 is 0 Å². The van der Waals surface area contributed by atoms with Gasteiger partial charge in [-0.25, -0.2) is 19.0 Å². The number of hydrogen-bond donors (Lipinski definition) is 1. The standard InChI is InChI=1S/C19H22FN5/c1-13-23-17(25(24-13)9-8-14-10-21-12-22-14)19(11-18(19,2)3)15-6-4-5-7-16(15)20/h4-7,10,12H,8-9,11H2,1-3H3,(H,21,22). The normalized spacial score (nSPS) is 21.4. The Morgan fingerprint density at radius 1 is 1.28 bits per heavy atom. The third kappa shape index (κ3) is 2.47. The molecular formula is C19H22FN5. The van der Waals surface area contributed by atoms with Gasteiger partial charge in [-0.05, 0) is 24.8 Å². The summed E-state index contributed by atoms with van der Waals surface area (Å²) >= 11 is 0. The van der Waals surface area contributed by atoms with Crippen LogP contribution in [0.1, 0.15) is 43.2 Å². The maximum absolute atomic E-state index is 14.6. The van der Waals surface area contributed by atoms with Crippen LogP contribution in [0.25, 0.3) is 0 Å². The second kappa shape index (κ2) is 5.51. The fourth-order valence-corrected chi connectivity index (χ4v) is 3.96. The van der Waals surface area contributed by atoms with Crippen molar-refractivity contribution in [2.75, 3.05) is 0 Å². The lowest BCUT2D eigenvalue weighted by molar-refractivity contribution is 0.466. The van der Waals surface area contributed by atoms with E-state index >= 15 is 0 Å². The van der Waals surface area contributed by atoms with Crippen LogP contribution in [0.5, 0.6) is 0 Å². The number of nitrogens with zero attached hydrogens (tertiary/aromatic N) is 4. The first-order chi connectivity index (χ1) is 11.9. The number of H-pyrrole nitrogens is 1. The number of nitrogens with one attached hydrogen (secondary N) is 1. The van der Waals surface area contributed by atoms with E-state index in [0.29, 0.717) is 6.54 Å². The summed E-state index contributed by atoms with van der Waals surface area (Å²) < 4.78 is 16.6. The molecule has 2 heterocycles. The van der Waals surface area contributed by atoms with Crippen molar-refractivity contribution in [1.82, 2.24) is 24.7 Å². The van der Waals surface area contributed by atoms with E-state index in [1.54, 1.807) is 12.4 Å². The molecule has 1 saturated carbocycles. The molecule has 0 amide bonds. The Balaban J connectivity index is 1.76. The number of rotatable bonds is 5. The lowest BCUT2D eigenvalue weighted by atomic mass is 9.86. The third-order valence-electron chi connectivity index (χ3n) is 5.38. The average molecular weight is 339 g/mol. The number of aryl methyl sites for hydroxylation is 3. The molecule has 1 atom stereocenters. The molecule has 25 heavy (non-hydrogen) atoms. The summed E-state index contributed by atoms with van der Waals surface area (Å²) in [4.78, 5) is 11.9. The number of hydrogen-bond acceptors (Lipinski definition) is 3. The first-order valence-corrected chi connectivity index (χ1v) is 8.58. The fraction of sp³-hybridized carbons (Fsp3) is 0.421.